The lowest BCUT2D eigenvalue weighted by atomic mass is 10.1. The monoisotopic (exact) mass is 402 g/mol. The maximum absolute atomic E-state index is 13.5. The zero-order chi connectivity index (χ0) is 19.1. The molecule has 1 saturated heterocycles. The Hall–Kier alpha value is -2.11. The molecule has 0 spiro atoms. The van der Waals surface area contributed by atoms with Gasteiger partial charge in [0.05, 0.1) is 5.02 Å². The molecule has 27 heavy (non-hydrogen) atoms. The minimum absolute atomic E-state index is 0.0674. The molecular formula is C21H20ClFN2OS. The third-order valence-corrected chi connectivity index (χ3v) is 6.91. The molecule has 0 saturated carbocycles. The van der Waals surface area contributed by atoms with Crippen molar-refractivity contribution < 1.29 is 9.18 Å². The van der Waals surface area contributed by atoms with Crippen LogP contribution in [0.3, 0.4) is 0 Å². The van der Waals surface area contributed by atoms with Crippen molar-refractivity contribution in [2.24, 2.45) is 0 Å². The topological polar surface area (TPSA) is 23.6 Å². The van der Waals surface area contributed by atoms with Crippen LogP contribution in [0.5, 0.6) is 0 Å². The summed E-state index contributed by atoms with van der Waals surface area (Å²) < 4.78 is 14.2. The molecule has 0 atom stereocenters. The lowest BCUT2D eigenvalue weighted by Crippen LogP contribution is -2.48. The third-order valence-electron chi connectivity index (χ3n) is 5.27. The van der Waals surface area contributed by atoms with E-state index in [4.69, 9.17) is 11.6 Å². The molecule has 4 rings (SSSR count). The predicted molar refractivity (Wildman–Crippen MR) is 111 cm³/mol. The molecule has 1 aliphatic rings. The summed E-state index contributed by atoms with van der Waals surface area (Å²) in [5, 5.41) is 1.16. The molecule has 0 aliphatic carbocycles. The molecule has 3 aromatic rings. The molecule has 1 aromatic heterocycles. The highest BCUT2D eigenvalue weighted by Crippen LogP contribution is 2.36. The number of nitrogens with zero attached hydrogens (tertiary/aromatic N) is 2. The normalized spacial score (nSPS) is 14.8. The Morgan fingerprint density at radius 3 is 2.59 bits per heavy atom. The zero-order valence-electron chi connectivity index (χ0n) is 15.3. The lowest BCUT2D eigenvalue weighted by Gasteiger charge is -2.37. The van der Waals surface area contributed by atoms with Gasteiger partial charge in [0.2, 0.25) is 0 Å². The van der Waals surface area contributed by atoms with Crippen LogP contribution in [-0.4, -0.2) is 37.0 Å². The number of carbonyl (C=O) groups excluding carboxylic acids is 1. The van der Waals surface area contributed by atoms with Gasteiger partial charge in [0.1, 0.15) is 10.7 Å². The number of carbonyl (C=O) groups is 1. The lowest BCUT2D eigenvalue weighted by molar-refractivity contribution is 0.0752. The molecule has 6 heteroatoms. The second-order valence-electron chi connectivity index (χ2n) is 6.88. The Kier molecular flexibility index (Phi) is 4.82. The van der Waals surface area contributed by atoms with E-state index in [0.29, 0.717) is 27.7 Å². The summed E-state index contributed by atoms with van der Waals surface area (Å²) in [6, 6.07) is 10.8. The maximum atomic E-state index is 13.5. The molecule has 1 aliphatic heterocycles. The van der Waals surface area contributed by atoms with E-state index in [1.54, 1.807) is 6.07 Å². The van der Waals surface area contributed by atoms with Crippen molar-refractivity contribution in [1.29, 1.82) is 0 Å². The van der Waals surface area contributed by atoms with Gasteiger partial charge < -0.3 is 9.80 Å². The van der Waals surface area contributed by atoms with Crippen LogP contribution in [0.2, 0.25) is 5.02 Å². The quantitative estimate of drug-likeness (QED) is 0.582. The number of amides is 1. The van der Waals surface area contributed by atoms with Gasteiger partial charge in [-0.05, 0) is 49.2 Å². The molecule has 140 valence electrons. The van der Waals surface area contributed by atoms with Crippen molar-refractivity contribution in [3.8, 4) is 0 Å². The average Bonchev–Trinajstić information content (AvgIpc) is 2.99. The first-order chi connectivity index (χ1) is 13.0. The van der Waals surface area contributed by atoms with Crippen LogP contribution in [0.4, 0.5) is 10.1 Å². The van der Waals surface area contributed by atoms with Crippen LogP contribution in [0, 0.1) is 19.7 Å². The molecule has 0 radical (unpaired) electrons. The standard InChI is InChI=1S/C21H20ClFN2OS/c1-13-4-3-5-17(14(13)2)24-8-10-25(11-9-24)21(26)20-19(22)16-7-6-15(23)12-18(16)27-20/h3-7,12H,8-11H2,1-2H3. The first kappa shape index (κ1) is 18.3. The zero-order valence-corrected chi connectivity index (χ0v) is 16.8. The molecule has 1 fully saturated rings. The summed E-state index contributed by atoms with van der Waals surface area (Å²) in [5.41, 5.74) is 3.79. The van der Waals surface area contributed by atoms with E-state index in [9.17, 15) is 9.18 Å². The molecule has 1 amide bonds. The fraction of sp³-hybridized carbons (Fsp3) is 0.286. The van der Waals surface area contributed by atoms with Crippen LogP contribution in [0.1, 0.15) is 20.8 Å². The molecule has 0 N–H and O–H groups in total. The number of rotatable bonds is 2. The highest BCUT2D eigenvalue weighted by molar-refractivity contribution is 7.21. The van der Waals surface area contributed by atoms with Crippen molar-refractivity contribution in [3.05, 3.63) is 63.2 Å². The van der Waals surface area contributed by atoms with Crippen LogP contribution in [0.25, 0.3) is 10.1 Å². The second-order valence-corrected chi connectivity index (χ2v) is 8.31. The molecule has 2 aromatic carbocycles. The van der Waals surface area contributed by atoms with Gasteiger partial charge in [-0.1, -0.05) is 23.7 Å². The molecule has 0 unspecified atom stereocenters. The van der Waals surface area contributed by atoms with E-state index in [-0.39, 0.29) is 11.7 Å². The van der Waals surface area contributed by atoms with E-state index in [1.807, 2.05) is 4.90 Å². The van der Waals surface area contributed by atoms with Gasteiger partial charge in [-0.2, -0.15) is 0 Å². The number of anilines is 1. The number of halogens is 2. The van der Waals surface area contributed by atoms with Gasteiger partial charge in [0, 0.05) is 42.0 Å². The average molecular weight is 403 g/mol. The molecule has 3 nitrogen and oxygen atoms in total. The number of thiophene rings is 1. The third kappa shape index (κ3) is 3.30. The van der Waals surface area contributed by atoms with Gasteiger partial charge in [0.15, 0.2) is 0 Å². The van der Waals surface area contributed by atoms with Crippen LogP contribution in [0.15, 0.2) is 36.4 Å². The Balaban J connectivity index is 1.52. The number of benzene rings is 2. The Morgan fingerprint density at radius 1 is 1.11 bits per heavy atom. The van der Waals surface area contributed by atoms with Crippen molar-refractivity contribution in [3.63, 3.8) is 0 Å². The maximum Gasteiger partial charge on any atom is 0.265 e. The molecule has 2 heterocycles. The summed E-state index contributed by atoms with van der Waals surface area (Å²) >= 11 is 7.68. The number of fused-ring (bicyclic) bond motifs is 1. The molecular weight excluding hydrogens is 383 g/mol. The summed E-state index contributed by atoms with van der Waals surface area (Å²) in [5.74, 6) is -0.385. The van der Waals surface area contributed by atoms with Crippen molar-refractivity contribution >= 4 is 44.6 Å². The van der Waals surface area contributed by atoms with E-state index < -0.39 is 0 Å². The first-order valence-corrected chi connectivity index (χ1v) is 10.1. The van der Waals surface area contributed by atoms with Crippen LogP contribution in [-0.2, 0) is 0 Å². The smallest absolute Gasteiger partial charge is 0.265 e. The fourth-order valence-electron chi connectivity index (χ4n) is 3.55. The number of hydrogen-bond donors (Lipinski definition) is 0. The highest BCUT2D eigenvalue weighted by atomic mass is 35.5. The minimum atomic E-state index is -0.318. The van der Waals surface area contributed by atoms with Gasteiger partial charge >= 0.3 is 0 Å². The highest BCUT2D eigenvalue weighted by Gasteiger charge is 2.26. The van der Waals surface area contributed by atoms with Gasteiger partial charge in [0.25, 0.3) is 5.91 Å². The number of hydrogen-bond acceptors (Lipinski definition) is 3. The summed E-state index contributed by atoms with van der Waals surface area (Å²) in [6.45, 7) is 7.11. The fourth-order valence-corrected chi connectivity index (χ4v) is 5.05. The minimum Gasteiger partial charge on any atom is -0.368 e. The Bertz CT molecular complexity index is 1020. The van der Waals surface area contributed by atoms with E-state index in [0.717, 1.165) is 18.5 Å². The van der Waals surface area contributed by atoms with E-state index in [1.165, 1.54) is 40.3 Å². The molecule has 0 bridgehead atoms. The van der Waals surface area contributed by atoms with Gasteiger partial charge in [-0.25, -0.2) is 4.39 Å². The Morgan fingerprint density at radius 2 is 1.85 bits per heavy atom. The largest absolute Gasteiger partial charge is 0.368 e. The van der Waals surface area contributed by atoms with Crippen molar-refractivity contribution in [2.75, 3.05) is 31.1 Å². The van der Waals surface area contributed by atoms with Crippen molar-refractivity contribution in [1.82, 2.24) is 4.90 Å². The Labute approximate surface area is 167 Å². The van der Waals surface area contributed by atoms with Crippen LogP contribution >= 0.6 is 22.9 Å². The number of piperazine rings is 1. The van der Waals surface area contributed by atoms with Gasteiger partial charge in [-0.15, -0.1) is 11.3 Å². The van der Waals surface area contributed by atoms with Gasteiger partial charge in [-0.3, -0.25) is 4.79 Å². The van der Waals surface area contributed by atoms with E-state index >= 15 is 0 Å². The second kappa shape index (κ2) is 7.13. The van der Waals surface area contributed by atoms with E-state index in [2.05, 4.69) is 36.9 Å². The first-order valence-electron chi connectivity index (χ1n) is 8.93. The SMILES string of the molecule is Cc1cccc(N2CCN(C(=O)c3sc4cc(F)ccc4c3Cl)CC2)c1C. The van der Waals surface area contributed by atoms with Crippen molar-refractivity contribution in [2.45, 2.75) is 13.8 Å². The summed E-state index contributed by atoms with van der Waals surface area (Å²) in [6.07, 6.45) is 0. The number of aryl methyl sites for hydroxylation is 1. The predicted octanol–water partition coefficient (Wildman–Crippen LogP) is 5.27. The van der Waals surface area contributed by atoms with Crippen LogP contribution < -0.4 is 4.90 Å². The summed E-state index contributed by atoms with van der Waals surface area (Å²) in [7, 11) is 0. The summed E-state index contributed by atoms with van der Waals surface area (Å²) in [4.78, 5) is 17.6.